The number of nitrogens with one attached hydrogen (secondary N) is 2. The van der Waals surface area contributed by atoms with E-state index < -0.39 is 12.1 Å². The molecule has 0 radical (unpaired) electrons. The average Bonchev–Trinajstić information content (AvgIpc) is 2.13. The first-order valence-electron chi connectivity index (χ1n) is 4.24. The van der Waals surface area contributed by atoms with Crippen molar-refractivity contribution in [1.82, 2.24) is 10.6 Å². The van der Waals surface area contributed by atoms with E-state index in [2.05, 4.69) is 15.4 Å². The van der Waals surface area contributed by atoms with E-state index in [0.717, 1.165) is 6.42 Å². The molecule has 1 unspecified atom stereocenters. The predicted octanol–water partition coefficient (Wildman–Crippen LogP) is 0.257. The molecular weight excluding hydrogens is 172 g/mol. The lowest BCUT2D eigenvalue weighted by atomic mass is 10.3. The van der Waals surface area contributed by atoms with Crippen molar-refractivity contribution in [3.05, 3.63) is 0 Å². The smallest absolute Gasteiger partial charge is 0.407 e. The van der Waals surface area contributed by atoms with Crippen LogP contribution in [0.2, 0.25) is 0 Å². The molecule has 0 saturated carbocycles. The van der Waals surface area contributed by atoms with Crippen LogP contribution >= 0.6 is 0 Å². The quantitative estimate of drug-likeness (QED) is 0.665. The number of alkyl carbamates (subject to hydrolysis) is 1. The molecule has 0 heterocycles. The van der Waals surface area contributed by atoms with Gasteiger partial charge in [-0.25, -0.2) is 4.79 Å². The van der Waals surface area contributed by atoms with Crippen molar-refractivity contribution in [2.75, 3.05) is 13.7 Å². The van der Waals surface area contributed by atoms with Crippen LogP contribution in [0.15, 0.2) is 0 Å². The molecule has 0 aliphatic rings. The summed E-state index contributed by atoms with van der Waals surface area (Å²) in [5, 5.41) is 5.02. The Labute approximate surface area is 77.8 Å². The fourth-order valence-corrected chi connectivity index (χ4v) is 0.703. The van der Waals surface area contributed by atoms with E-state index in [1.165, 1.54) is 7.11 Å². The number of amides is 2. The zero-order valence-electron chi connectivity index (χ0n) is 8.22. The van der Waals surface area contributed by atoms with Crippen LogP contribution in [0.3, 0.4) is 0 Å². The van der Waals surface area contributed by atoms with Crippen LogP contribution in [0.5, 0.6) is 0 Å². The third-order valence-electron chi connectivity index (χ3n) is 1.46. The number of methoxy groups -OCH3 is 1. The van der Waals surface area contributed by atoms with E-state index in [9.17, 15) is 9.59 Å². The SMILES string of the molecule is CCCNC(=O)C(C)NC(=O)OC. The first-order valence-corrected chi connectivity index (χ1v) is 4.24. The van der Waals surface area contributed by atoms with Gasteiger partial charge in [-0.2, -0.15) is 0 Å². The van der Waals surface area contributed by atoms with Crippen LogP contribution < -0.4 is 10.6 Å². The number of hydrogen-bond acceptors (Lipinski definition) is 3. The highest BCUT2D eigenvalue weighted by atomic mass is 16.5. The highest BCUT2D eigenvalue weighted by Crippen LogP contribution is 1.84. The molecule has 0 fully saturated rings. The molecule has 0 aliphatic carbocycles. The Balaban J connectivity index is 3.75. The second kappa shape index (κ2) is 6.28. The van der Waals surface area contributed by atoms with Crippen molar-refractivity contribution in [1.29, 1.82) is 0 Å². The van der Waals surface area contributed by atoms with Gasteiger partial charge < -0.3 is 15.4 Å². The zero-order chi connectivity index (χ0) is 10.3. The maximum Gasteiger partial charge on any atom is 0.407 e. The minimum Gasteiger partial charge on any atom is -0.453 e. The molecular formula is C8H16N2O3. The minimum atomic E-state index is -0.598. The van der Waals surface area contributed by atoms with Crippen molar-refractivity contribution in [2.24, 2.45) is 0 Å². The second-order valence-corrected chi connectivity index (χ2v) is 2.65. The summed E-state index contributed by atoms with van der Waals surface area (Å²) >= 11 is 0. The van der Waals surface area contributed by atoms with E-state index in [0.29, 0.717) is 6.54 Å². The Bertz CT molecular complexity index is 182. The number of carbonyl (C=O) groups is 2. The Morgan fingerprint density at radius 2 is 2.08 bits per heavy atom. The molecule has 0 aliphatic heterocycles. The molecule has 2 amide bonds. The summed E-state index contributed by atoms with van der Waals surface area (Å²) in [6.07, 6.45) is 0.274. The Morgan fingerprint density at radius 1 is 1.46 bits per heavy atom. The van der Waals surface area contributed by atoms with Gasteiger partial charge in [-0.15, -0.1) is 0 Å². The Kier molecular flexibility index (Phi) is 5.67. The van der Waals surface area contributed by atoms with Crippen LogP contribution in [-0.4, -0.2) is 31.7 Å². The fraction of sp³-hybridized carbons (Fsp3) is 0.750. The first kappa shape index (κ1) is 11.7. The number of rotatable bonds is 4. The molecule has 76 valence electrons. The van der Waals surface area contributed by atoms with Crippen LogP contribution in [0.25, 0.3) is 0 Å². The third-order valence-corrected chi connectivity index (χ3v) is 1.46. The van der Waals surface area contributed by atoms with E-state index in [-0.39, 0.29) is 5.91 Å². The molecule has 5 nitrogen and oxygen atoms in total. The van der Waals surface area contributed by atoms with Gasteiger partial charge in [0.1, 0.15) is 6.04 Å². The van der Waals surface area contributed by atoms with Gasteiger partial charge in [0.25, 0.3) is 0 Å². The summed E-state index contributed by atoms with van der Waals surface area (Å²) in [5.74, 6) is -0.202. The highest BCUT2D eigenvalue weighted by Gasteiger charge is 2.14. The standard InChI is InChI=1S/C8H16N2O3/c1-4-5-9-7(11)6(2)10-8(12)13-3/h6H,4-5H2,1-3H3,(H,9,11)(H,10,12). The molecule has 0 aromatic rings. The average molecular weight is 188 g/mol. The van der Waals surface area contributed by atoms with Crippen molar-refractivity contribution in [2.45, 2.75) is 26.3 Å². The molecule has 0 aromatic carbocycles. The number of ether oxygens (including phenoxy) is 1. The lowest BCUT2D eigenvalue weighted by molar-refractivity contribution is -0.122. The molecule has 1 atom stereocenters. The van der Waals surface area contributed by atoms with Gasteiger partial charge >= 0.3 is 6.09 Å². The second-order valence-electron chi connectivity index (χ2n) is 2.65. The van der Waals surface area contributed by atoms with Gasteiger partial charge in [0.05, 0.1) is 7.11 Å². The zero-order valence-corrected chi connectivity index (χ0v) is 8.22. The molecule has 0 saturated heterocycles. The van der Waals surface area contributed by atoms with Crippen LogP contribution in [0, 0.1) is 0 Å². The Hall–Kier alpha value is -1.26. The molecule has 0 spiro atoms. The number of hydrogen-bond donors (Lipinski definition) is 2. The van der Waals surface area contributed by atoms with Crippen molar-refractivity contribution >= 4 is 12.0 Å². The van der Waals surface area contributed by atoms with Gasteiger partial charge in [0.15, 0.2) is 0 Å². The summed E-state index contributed by atoms with van der Waals surface area (Å²) in [7, 11) is 1.26. The van der Waals surface area contributed by atoms with Crippen molar-refractivity contribution < 1.29 is 14.3 Å². The first-order chi connectivity index (χ1) is 6.11. The van der Waals surface area contributed by atoms with E-state index >= 15 is 0 Å². The van der Waals surface area contributed by atoms with Gasteiger partial charge in [0.2, 0.25) is 5.91 Å². The summed E-state index contributed by atoms with van der Waals surface area (Å²) < 4.78 is 4.35. The monoisotopic (exact) mass is 188 g/mol. The maximum absolute atomic E-state index is 11.2. The predicted molar refractivity (Wildman–Crippen MR) is 48.3 cm³/mol. The van der Waals surface area contributed by atoms with Crippen molar-refractivity contribution in [3.8, 4) is 0 Å². The summed E-state index contributed by atoms with van der Waals surface area (Å²) in [4.78, 5) is 21.9. The molecule has 5 heteroatoms. The lowest BCUT2D eigenvalue weighted by Gasteiger charge is -2.12. The highest BCUT2D eigenvalue weighted by molar-refractivity contribution is 5.85. The molecule has 0 aromatic heterocycles. The normalized spacial score (nSPS) is 11.6. The van der Waals surface area contributed by atoms with Crippen molar-refractivity contribution in [3.63, 3.8) is 0 Å². The lowest BCUT2D eigenvalue weighted by Crippen LogP contribution is -2.44. The largest absolute Gasteiger partial charge is 0.453 e. The van der Waals surface area contributed by atoms with Crippen LogP contribution in [0.4, 0.5) is 4.79 Å². The summed E-state index contributed by atoms with van der Waals surface area (Å²) in [5.41, 5.74) is 0. The topological polar surface area (TPSA) is 67.4 Å². The molecule has 0 rings (SSSR count). The minimum absolute atomic E-state index is 0.202. The number of carbonyl (C=O) groups excluding carboxylic acids is 2. The summed E-state index contributed by atoms with van der Waals surface area (Å²) in [6.45, 7) is 4.17. The van der Waals surface area contributed by atoms with E-state index in [4.69, 9.17) is 0 Å². The third kappa shape index (κ3) is 5.05. The molecule has 2 N–H and O–H groups in total. The summed E-state index contributed by atoms with van der Waals surface area (Å²) in [6, 6.07) is -0.556. The van der Waals surface area contributed by atoms with Crippen LogP contribution in [-0.2, 0) is 9.53 Å². The van der Waals surface area contributed by atoms with Crippen LogP contribution in [0.1, 0.15) is 20.3 Å². The van der Waals surface area contributed by atoms with Gasteiger partial charge in [-0.05, 0) is 13.3 Å². The molecule has 13 heavy (non-hydrogen) atoms. The van der Waals surface area contributed by atoms with Gasteiger partial charge in [-0.1, -0.05) is 6.92 Å². The fourth-order valence-electron chi connectivity index (χ4n) is 0.703. The Morgan fingerprint density at radius 3 is 2.54 bits per heavy atom. The van der Waals surface area contributed by atoms with E-state index in [1.54, 1.807) is 6.92 Å². The van der Waals surface area contributed by atoms with Gasteiger partial charge in [-0.3, -0.25) is 4.79 Å². The maximum atomic E-state index is 11.2. The van der Waals surface area contributed by atoms with Gasteiger partial charge in [0, 0.05) is 6.54 Å². The van der Waals surface area contributed by atoms with E-state index in [1.807, 2.05) is 6.92 Å². The molecule has 0 bridgehead atoms.